The van der Waals surface area contributed by atoms with Gasteiger partial charge in [-0.25, -0.2) is 9.78 Å². The van der Waals surface area contributed by atoms with Gasteiger partial charge in [-0.05, 0) is 20.8 Å². The zero-order chi connectivity index (χ0) is 14.5. The lowest BCUT2D eigenvalue weighted by molar-refractivity contribution is -0.143. The summed E-state index contributed by atoms with van der Waals surface area (Å²) in [5.74, 6) is -1.56. The van der Waals surface area contributed by atoms with Crippen LogP contribution in [0.5, 0.6) is 0 Å². The number of carboxylic acids is 1. The van der Waals surface area contributed by atoms with Crippen molar-refractivity contribution >= 4 is 11.9 Å². The van der Waals surface area contributed by atoms with Gasteiger partial charge in [-0.15, -0.1) is 0 Å². The molecule has 0 aliphatic heterocycles. The number of aromatic nitrogens is 2. The number of carbonyl (C=O) groups excluding carboxylic acids is 1. The first kappa shape index (κ1) is 15.2. The summed E-state index contributed by atoms with van der Waals surface area (Å²) >= 11 is 0. The summed E-state index contributed by atoms with van der Waals surface area (Å²) in [7, 11) is 0. The van der Waals surface area contributed by atoms with Crippen molar-refractivity contribution < 1.29 is 19.4 Å². The minimum Gasteiger partial charge on any atom is -0.480 e. The summed E-state index contributed by atoms with van der Waals surface area (Å²) in [5, 5.41) is 11.5. The van der Waals surface area contributed by atoms with Crippen LogP contribution in [0, 0.1) is 0 Å². The zero-order valence-electron chi connectivity index (χ0n) is 11.3. The van der Waals surface area contributed by atoms with Crippen LogP contribution >= 0.6 is 0 Å². The van der Waals surface area contributed by atoms with Gasteiger partial charge in [0.15, 0.2) is 0 Å². The predicted octanol–water partition coefficient (Wildman–Crippen LogP) is 0.337. The predicted molar refractivity (Wildman–Crippen MR) is 67.6 cm³/mol. The minimum atomic E-state index is -1.10. The number of nitrogens with one attached hydrogen (secondary N) is 2. The van der Waals surface area contributed by atoms with E-state index >= 15 is 0 Å². The van der Waals surface area contributed by atoms with E-state index in [1.807, 2.05) is 20.8 Å². The van der Waals surface area contributed by atoms with E-state index in [4.69, 9.17) is 9.84 Å². The number of H-pyrrole nitrogens is 1. The Bertz CT molecular complexity index is 423. The molecule has 1 rings (SSSR count). The number of hydrogen-bond donors (Lipinski definition) is 3. The lowest BCUT2D eigenvalue weighted by atomic mass is 10.1. The third-order valence-electron chi connectivity index (χ3n) is 2.25. The van der Waals surface area contributed by atoms with Crippen molar-refractivity contribution in [1.29, 1.82) is 0 Å². The zero-order valence-corrected chi connectivity index (χ0v) is 11.3. The fourth-order valence-corrected chi connectivity index (χ4v) is 1.33. The van der Waals surface area contributed by atoms with E-state index in [2.05, 4.69) is 15.3 Å². The molecule has 0 unspecified atom stereocenters. The van der Waals surface area contributed by atoms with Crippen molar-refractivity contribution in [2.75, 3.05) is 6.61 Å². The number of aliphatic carboxylic acids is 1. The largest absolute Gasteiger partial charge is 0.480 e. The van der Waals surface area contributed by atoms with Crippen molar-refractivity contribution in [2.45, 2.75) is 38.8 Å². The van der Waals surface area contributed by atoms with Gasteiger partial charge in [0.25, 0.3) is 0 Å². The Balaban J connectivity index is 2.49. The van der Waals surface area contributed by atoms with Crippen molar-refractivity contribution in [2.24, 2.45) is 0 Å². The van der Waals surface area contributed by atoms with Crippen LogP contribution in [0.3, 0.4) is 0 Å². The number of rotatable bonds is 6. The van der Waals surface area contributed by atoms with Gasteiger partial charge in [-0.3, -0.25) is 4.79 Å². The van der Waals surface area contributed by atoms with Gasteiger partial charge in [0.1, 0.15) is 12.6 Å². The summed E-state index contributed by atoms with van der Waals surface area (Å²) in [6.45, 7) is 5.29. The van der Waals surface area contributed by atoms with E-state index in [0.717, 1.165) is 0 Å². The maximum Gasteiger partial charge on any atom is 0.326 e. The monoisotopic (exact) mass is 269 g/mol. The molecule has 0 bridgehead atoms. The molecule has 19 heavy (non-hydrogen) atoms. The summed E-state index contributed by atoms with van der Waals surface area (Å²) in [6.07, 6.45) is 3.13. The van der Waals surface area contributed by atoms with E-state index < -0.39 is 23.5 Å². The smallest absolute Gasteiger partial charge is 0.326 e. The maximum absolute atomic E-state index is 11.6. The molecule has 0 saturated carbocycles. The highest BCUT2D eigenvalue weighted by molar-refractivity contribution is 5.84. The molecule has 7 heteroatoms. The number of imidazole rings is 1. The van der Waals surface area contributed by atoms with Gasteiger partial charge < -0.3 is 20.1 Å². The second-order valence-electron chi connectivity index (χ2n) is 5.14. The third kappa shape index (κ3) is 6.01. The second-order valence-corrected chi connectivity index (χ2v) is 5.14. The number of carbonyl (C=O) groups is 2. The van der Waals surface area contributed by atoms with Crippen LogP contribution in [-0.4, -0.2) is 45.2 Å². The van der Waals surface area contributed by atoms with Crippen molar-refractivity contribution in [3.63, 3.8) is 0 Å². The van der Waals surface area contributed by atoms with Gasteiger partial charge in [-0.1, -0.05) is 0 Å². The highest BCUT2D eigenvalue weighted by atomic mass is 16.5. The fourth-order valence-electron chi connectivity index (χ4n) is 1.33. The Hall–Kier alpha value is -1.89. The van der Waals surface area contributed by atoms with Crippen molar-refractivity contribution in [3.8, 4) is 0 Å². The Morgan fingerprint density at radius 2 is 2.21 bits per heavy atom. The molecule has 1 heterocycles. The molecule has 0 spiro atoms. The van der Waals surface area contributed by atoms with E-state index in [0.29, 0.717) is 5.69 Å². The molecule has 0 aromatic carbocycles. The van der Waals surface area contributed by atoms with Crippen LogP contribution in [0.2, 0.25) is 0 Å². The molecule has 0 aliphatic carbocycles. The van der Waals surface area contributed by atoms with E-state index in [1.54, 1.807) is 0 Å². The first-order valence-electron chi connectivity index (χ1n) is 5.91. The lowest BCUT2D eigenvalue weighted by Crippen LogP contribution is -2.44. The Morgan fingerprint density at radius 1 is 1.53 bits per heavy atom. The molecule has 1 amide bonds. The molecule has 1 aromatic rings. The number of hydrogen-bond acceptors (Lipinski definition) is 4. The summed E-state index contributed by atoms with van der Waals surface area (Å²) < 4.78 is 5.28. The second kappa shape index (κ2) is 6.33. The van der Waals surface area contributed by atoms with Crippen LogP contribution in [-0.2, 0) is 20.7 Å². The first-order chi connectivity index (χ1) is 8.78. The van der Waals surface area contributed by atoms with E-state index in [1.165, 1.54) is 12.5 Å². The Morgan fingerprint density at radius 3 is 2.68 bits per heavy atom. The average molecular weight is 269 g/mol. The van der Waals surface area contributed by atoms with Gasteiger partial charge in [0.05, 0.1) is 11.9 Å². The highest BCUT2D eigenvalue weighted by Crippen LogP contribution is 2.06. The van der Waals surface area contributed by atoms with Crippen LogP contribution in [0.25, 0.3) is 0 Å². The normalized spacial score (nSPS) is 13.0. The molecule has 1 aromatic heterocycles. The molecule has 7 nitrogen and oxygen atoms in total. The summed E-state index contributed by atoms with van der Waals surface area (Å²) in [6, 6.07) is -1.00. The van der Waals surface area contributed by atoms with Gasteiger partial charge in [0.2, 0.25) is 5.91 Å². The molecule has 0 radical (unpaired) electrons. The molecule has 1 atom stereocenters. The number of carboxylic acid groups (broad SMARTS) is 1. The van der Waals surface area contributed by atoms with Crippen molar-refractivity contribution in [3.05, 3.63) is 18.2 Å². The highest BCUT2D eigenvalue weighted by Gasteiger charge is 2.22. The molecular weight excluding hydrogens is 250 g/mol. The number of ether oxygens (including phenoxy) is 1. The fraction of sp³-hybridized carbons (Fsp3) is 0.583. The molecular formula is C12H19N3O4. The number of nitrogens with zero attached hydrogens (tertiary/aromatic N) is 1. The van der Waals surface area contributed by atoms with Crippen LogP contribution < -0.4 is 5.32 Å². The van der Waals surface area contributed by atoms with Gasteiger partial charge in [-0.2, -0.15) is 0 Å². The standard InChI is InChI=1S/C12H19N3O4/c1-12(2,3)19-6-10(16)15-9(11(17)18)4-8-5-13-7-14-8/h5,7,9H,4,6H2,1-3H3,(H,13,14)(H,15,16)(H,17,18)/t9-/m0/s1. The van der Waals surface area contributed by atoms with Crippen LogP contribution in [0.1, 0.15) is 26.5 Å². The Labute approximate surface area is 111 Å². The van der Waals surface area contributed by atoms with E-state index in [9.17, 15) is 9.59 Å². The van der Waals surface area contributed by atoms with Crippen LogP contribution in [0.15, 0.2) is 12.5 Å². The average Bonchev–Trinajstić information content (AvgIpc) is 2.77. The molecule has 3 N–H and O–H groups in total. The van der Waals surface area contributed by atoms with Gasteiger partial charge >= 0.3 is 5.97 Å². The molecule has 0 aliphatic rings. The molecule has 0 saturated heterocycles. The van der Waals surface area contributed by atoms with E-state index in [-0.39, 0.29) is 13.0 Å². The van der Waals surface area contributed by atoms with Crippen LogP contribution in [0.4, 0.5) is 0 Å². The minimum absolute atomic E-state index is 0.149. The number of aromatic amines is 1. The molecule has 106 valence electrons. The number of amides is 1. The quantitative estimate of drug-likeness (QED) is 0.690. The SMILES string of the molecule is CC(C)(C)OCC(=O)N[C@@H](Cc1cnc[nH]1)C(=O)O. The third-order valence-corrected chi connectivity index (χ3v) is 2.25. The first-order valence-corrected chi connectivity index (χ1v) is 5.91. The molecule has 0 fully saturated rings. The topological polar surface area (TPSA) is 104 Å². The lowest BCUT2D eigenvalue weighted by Gasteiger charge is -2.20. The Kier molecular flexibility index (Phi) is 5.05. The van der Waals surface area contributed by atoms with Crippen molar-refractivity contribution in [1.82, 2.24) is 15.3 Å². The summed E-state index contributed by atoms with van der Waals surface area (Å²) in [4.78, 5) is 29.3. The maximum atomic E-state index is 11.6. The summed E-state index contributed by atoms with van der Waals surface area (Å²) in [5.41, 5.74) is 0.198. The van der Waals surface area contributed by atoms with Gasteiger partial charge in [0, 0.05) is 18.3 Å².